The van der Waals surface area contributed by atoms with E-state index in [1.165, 1.54) is 18.2 Å². The van der Waals surface area contributed by atoms with Gasteiger partial charge in [0.2, 0.25) is 0 Å². The topological polar surface area (TPSA) is 69.4 Å². The maximum absolute atomic E-state index is 11.8. The second-order valence-corrected chi connectivity index (χ2v) is 6.67. The number of hydrogen-bond donors (Lipinski definition) is 0. The average Bonchev–Trinajstić information content (AvgIpc) is 2.53. The molecule has 130 valence electrons. The number of nitrogens with zero attached hydrogens (tertiary/aromatic N) is 1. The second-order valence-electron chi connectivity index (χ2n) is 6.67. The van der Waals surface area contributed by atoms with Crippen molar-refractivity contribution in [3.05, 3.63) is 81.4 Å². The van der Waals surface area contributed by atoms with Gasteiger partial charge in [-0.3, -0.25) is 10.1 Å². The largest absolute Gasteiger partial charge is 0.457 e. The highest BCUT2D eigenvalue weighted by molar-refractivity contribution is 5.87. The Morgan fingerprint density at radius 1 is 1.12 bits per heavy atom. The van der Waals surface area contributed by atoms with E-state index in [4.69, 9.17) is 4.74 Å². The molecule has 0 N–H and O–H groups in total. The summed E-state index contributed by atoms with van der Waals surface area (Å²) in [6.07, 6.45) is 3.77. The Labute approximate surface area is 147 Å². The lowest BCUT2D eigenvalue weighted by Gasteiger charge is -2.18. The van der Waals surface area contributed by atoms with E-state index in [-0.39, 0.29) is 5.69 Å². The Morgan fingerprint density at radius 2 is 1.76 bits per heavy atom. The molecule has 5 heteroatoms. The first-order valence-corrected chi connectivity index (χ1v) is 7.97. The molecule has 0 atom stereocenters. The minimum absolute atomic E-state index is 0.0712. The lowest BCUT2D eigenvalue weighted by atomic mass is 9.99. The van der Waals surface area contributed by atoms with Crippen LogP contribution in [0.5, 0.6) is 0 Å². The molecule has 2 aromatic carbocycles. The Bertz CT molecular complexity index is 786. The van der Waals surface area contributed by atoms with E-state index in [0.717, 1.165) is 16.7 Å². The maximum Gasteiger partial charge on any atom is 0.331 e. The van der Waals surface area contributed by atoms with Gasteiger partial charge in [-0.25, -0.2) is 4.79 Å². The van der Waals surface area contributed by atoms with Crippen LogP contribution in [-0.2, 0) is 16.0 Å². The van der Waals surface area contributed by atoms with Crippen LogP contribution >= 0.6 is 0 Å². The molecule has 0 fully saturated rings. The van der Waals surface area contributed by atoms with Gasteiger partial charge in [0, 0.05) is 18.2 Å². The number of carbonyl (C=O) groups excluding carboxylic acids is 1. The van der Waals surface area contributed by atoms with Crippen molar-refractivity contribution in [2.75, 3.05) is 0 Å². The Kier molecular flexibility index (Phi) is 5.70. The predicted octanol–water partition coefficient (Wildman–Crippen LogP) is 4.54. The molecule has 0 heterocycles. The third-order valence-corrected chi connectivity index (χ3v) is 3.40. The number of non-ortho nitro benzene ring substituents is 1. The van der Waals surface area contributed by atoms with E-state index < -0.39 is 16.5 Å². The fourth-order valence-electron chi connectivity index (χ4n) is 2.31. The van der Waals surface area contributed by atoms with Crippen molar-refractivity contribution in [1.29, 1.82) is 0 Å². The normalized spacial score (nSPS) is 11.5. The van der Waals surface area contributed by atoms with Crippen molar-refractivity contribution in [1.82, 2.24) is 0 Å². The fraction of sp³-hybridized carbons (Fsp3) is 0.250. The molecule has 2 rings (SSSR count). The first-order chi connectivity index (χ1) is 11.7. The van der Waals surface area contributed by atoms with Crippen LogP contribution in [0.25, 0.3) is 6.08 Å². The number of benzene rings is 2. The van der Waals surface area contributed by atoms with Crippen LogP contribution in [0.1, 0.15) is 37.5 Å². The van der Waals surface area contributed by atoms with Crippen molar-refractivity contribution in [2.24, 2.45) is 0 Å². The van der Waals surface area contributed by atoms with Gasteiger partial charge in [0.15, 0.2) is 0 Å². The number of ether oxygens (including phenoxy) is 1. The summed E-state index contributed by atoms with van der Waals surface area (Å²) in [5.41, 5.74) is 2.44. The number of nitro groups is 1. The first kappa shape index (κ1) is 18.4. The molecule has 0 spiro atoms. The average molecular weight is 339 g/mol. The highest BCUT2D eigenvalue weighted by Crippen LogP contribution is 2.19. The standard InChI is InChI=1S/C20H21NO4/c1-20(2,3)25-19(22)13-10-16-6-4-5-7-17(16)14-15-8-11-18(12-9-15)21(23)24/h4-13H,14H2,1-3H3/b13-10+. The van der Waals surface area contributed by atoms with Gasteiger partial charge in [0.1, 0.15) is 5.60 Å². The van der Waals surface area contributed by atoms with Crippen LogP contribution in [0, 0.1) is 10.1 Å². The predicted molar refractivity (Wildman–Crippen MR) is 97.2 cm³/mol. The zero-order valence-electron chi connectivity index (χ0n) is 14.6. The van der Waals surface area contributed by atoms with Gasteiger partial charge in [-0.15, -0.1) is 0 Å². The van der Waals surface area contributed by atoms with E-state index in [1.54, 1.807) is 18.2 Å². The van der Waals surface area contributed by atoms with E-state index in [2.05, 4.69) is 0 Å². The zero-order valence-corrected chi connectivity index (χ0v) is 14.6. The van der Waals surface area contributed by atoms with Gasteiger partial charge in [0.25, 0.3) is 5.69 Å². The zero-order chi connectivity index (χ0) is 18.4. The monoisotopic (exact) mass is 339 g/mol. The smallest absolute Gasteiger partial charge is 0.331 e. The molecule has 0 saturated heterocycles. The number of rotatable bonds is 5. The lowest BCUT2D eigenvalue weighted by Crippen LogP contribution is -2.22. The fourth-order valence-corrected chi connectivity index (χ4v) is 2.31. The molecule has 0 amide bonds. The summed E-state index contributed by atoms with van der Waals surface area (Å²) in [4.78, 5) is 22.1. The van der Waals surface area contributed by atoms with E-state index in [9.17, 15) is 14.9 Å². The van der Waals surface area contributed by atoms with Crippen molar-refractivity contribution >= 4 is 17.7 Å². The van der Waals surface area contributed by atoms with Crippen LogP contribution in [0.4, 0.5) is 5.69 Å². The molecule has 5 nitrogen and oxygen atoms in total. The molecular weight excluding hydrogens is 318 g/mol. The Balaban J connectivity index is 2.15. The summed E-state index contributed by atoms with van der Waals surface area (Å²) in [6.45, 7) is 5.46. The van der Waals surface area contributed by atoms with Gasteiger partial charge in [-0.2, -0.15) is 0 Å². The van der Waals surface area contributed by atoms with Crippen LogP contribution in [-0.4, -0.2) is 16.5 Å². The van der Waals surface area contributed by atoms with Gasteiger partial charge < -0.3 is 4.74 Å². The quantitative estimate of drug-likeness (QED) is 0.347. The minimum Gasteiger partial charge on any atom is -0.457 e. The Morgan fingerprint density at radius 3 is 2.36 bits per heavy atom. The van der Waals surface area contributed by atoms with E-state index in [1.807, 2.05) is 45.0 Å². The number of carbonyl (C=O) groups is 1. The van der Waals surface area contributed by atoms with Gasteiger partial charge in [0.05, 0.1) is 4.92 Å². The number of esters is 1. The summed E-state index contributed by atoms with van der Waals surface area (Å²) >= 11 is 0. The van der Waals surface area contributed by atoms with Gasteiger partial charge in [-0.1, -0.05) is 36.4 Å². The third kappa shape index (κ3) is 5.88. The minimum atomic E-state index is -0.528. The van der Waals surface area contributed by atoms with Crippen LogP contribution in [0.3, 0.4) is 0 Å². The van der Waals surface area contributed by atoms with Crippen LogP contribution in [0.2, 0.25) is 0 Å². The SMILES string of the molecule is CC(C)(C)OC(=O)/C=C/c1ccccc1Cc1ccc([N+](=O)[O-])cc1. The van der Waals surface area contributed by atoms with E-state index in [0.29, 0.717) is 6.42 Å². The highest BCUT2D eigenvalue weighted by Gasteiger charge is 2.14. The molecule has 0 aromatic heterocycles. The summed E-state index contributed by atoms with van der Waals surface area (Å²) in [7, 11) is 0. The number of hydrogen-bond acceptors (Lipinski definition) is 4. The van der Waals surface area contributed by atoms with Crippen molar-refractivity contribution in [3.8, 4) is 0 Å². The van der Waals surface area contributed by atoms with Crippen LogP contribution < -0.4 is 0 Å². The van der Waals surface area contributed by atoms with Crippen molar-refractivity contribution in [2.45, 2.75) is 32.8 Å². The molecule has 2 aromatic rings. The molecule has 0 aliphatic carbocycles. The second kappa shape index (κ2) is 7.75. The molecule has 0 saturated carbocycles. The highest BCUT2D eigenvalue weighted by atomic mass is 16.6. The Hall–Kier alpha value is -2.95. The molecule has 25 heavy (non-hydrogen) atoms. The van der Waals surface area contributed by atoms with Crippen LogP contribution in [0.15, 0.2) is 54.6 Å². The van der Waals surface area contributed by atoms with Gasteiger partial charge in [-0.05, 0) is 50.0 Å². The number of nitro benzene ring substituents is 1. The lowest BCUT2D eigenvalue weighted by molar-refractivity contribution is -0.384. The summed E-state index contributed by atoms with van der Waals surface area (Å²) in [5, 5.41) is 10.7. The summed E-state index contributed by atoms with van der Waals surface area (Å²) in [6, 6.07) is 14.2. The summed E-state index contributed by atoms with van der Waals surface area (Å²) in [5.74, 6) is -0.391. The van der Waals surface area contributed by atoms with E-state index >= 15 is 0 Å². The first-order valence-electron chi connectivity index (χ1n) is 7.97. The third-order valence-electron chi connectivity index (χ3n) is 3.40. The molecule has 0 radical (unpaired) electrons. The molecule has 0 bridgehead atoms. The van der Waals surface area contributed by atoms with Crippen molar-refractivity contribution < 1.29 is 14.5 Å². The molecule has 0 unspecified atom stereocenters. The summed E-state index contributed by atoms with van der Waals surface area (Å²) < 4.78 is 5.26. The molecule has 0 aliphatic heterocycles. The van der Waals surface area contributed by atoms with Gasteiger partial charge >= 0.3 is 5.97 Å². The maximum atomic E-state index is 11.8. The van der Waals surface area contributed by atoms with Crippen molar-refractivity contribution in [3.63, 3.8) is 0 Å². The molecule has 0 aliphatic rings. The molecular formula is C20H21NO4.